The molecule has 0 N–H and O–H groups in total. The van der Waals surface area contributed by atoms with E-state index in [0.29, 0.717) is 5.56 Å². The van der Waals surface area contributed by atoms with Crippen molar-refractivity contribution >= 4 is 22.8 Å². The average Bonchev–Trinajstić information content (AvgIpc) is 2.60. The molecule has 0 bridgehead atoms. The molecule has 1 amide bonds. The van der Waals surface area contributed by atoms with Crippen LogP contribution < -0.4 is 4.90 Å². The topological polar surface area (TPSA) is 62.2 Å². The Balaban J connectivity index is 1.46. The van der Waals surface area contributed by atoms with Crippen molar-refractivity contribution in [3.05, 3.63) is 60.6 Å². The van der Waals surface area contributed by atoms with E-state index in [1.807, 2.05) is 37.4 Å². The first-order valence-corrected chi connectivity index (χ1v) is 7.86. The highest BCUT2D eigenvalue weighted by Gasteiger charge is 2.33. The predicted molar refractivity (Wildman–Crippen MR) is 91.9 cm³/mol. The van der Waals surface area contributed by atoms with Crippen molar-refractivity contribution in [2.45, 2.75) is 6.04 Å². The number of likely N-dealkylation sites (N-methyl/N-ethyl adjacent to an activating group) is 1. The summed E-state index contributed by atoms with van der Waals surface area (Å²) < 4.78 is 0. The molecule has 1 fully saturated rings. The molecule has 0 radical (unpaired) electrons. The zero-order chi connectivity index (χ0) is 16.5. The van der Waals surface area contributed by atoms with Gasteiger partial charge in [0.15, 0.2) is 0 Å². The molecule has 6 nitrogen and oxygen atoms in total. The second-order valence-electron chi connectivity index (χ2n) is 5.92. The monoisotopic (exact) mass is 319 g/mol. The van der Waals surface area contributed by atoms with Crippen molar-refractivity contribution in [2.24, 2.45) is 0 Å². The van der Waals surface area contributed by atoms with E-state index in [2.05, 4.69) is 19.9 Å². The summed E-state index contributed by atoms with van der Waals surface area (Å²) in [6.07, 6.45) is 5.07. The van der Waals surface area contributed by atoms with Gasteiger partial charge in [-0.15, -0.1) is 0 Å². The highest BCUT2D eigenvalue weighted by atomic mass is 16.2. The van der Waals surface area contributed by atoms with Crippen LogP contribution >= 0.6 is 0 Å². The van der Waals surface area contributed by atoms with E-state index in [4.69, 9.17) is 0 Å². The number of pyridine rings is 1. The number of hydrogen-bond donors (Lipinski definition) is 0. The van der Waals surface area contributed by atoms with Gasteiger partial charge in [-0.3, -0.25) is 14.8 Å². The maximum Gasteiger partial charge on any atom is 0.254 e. The standard InChI is InChI=1S/C18H17N5O/c1-22(14-11-23(12-14)17-4-2-3-7-21-17)18(24)13-5-6-15-16(10-13)20-9-8-19-15/h2-10,14H,11-12H2,1H3. The Labute approximate surface area is 139 Å². The number of anilines is 1. The van der Waals surface area contributed by atoms with Gasteiger partial charge >= 0.3 is 0 Å². The lowest BCUT2D eigenvalue weighted by molar-refractivity contribution is 0.0705. The van der Waals surface area contributed by atoms with Crippen LogP contribution in [-0.2, 0) is 0 Å². The fraction of sp³-hybridized carbons (Fsp3) is 0.222. The Morgan fingerprint density at radius 1 is 1.04 bits per heavy atom. The quantitative estimate of drug-likeness (QED) is 0.739. The third-order valence-electron chi connectivity index (χ3n) is 4.42. The SMILES string of the molecule is CN(C(=O)c1ccc2nccnc2c1)C1CN(c2ccccn2)C1. The molecule has 1 saturated heterocycles. The number of fused-ring (bicyclic) bond motifs is 1. The van der Waals surface area contributed by atoms with Crippen molar-refractivity contribution in [1.29, 1.82) is 0 Å². The minimum atomic E-state index is 0.00761. The number of amides is 1. The fourth-order valence-electron chi connectivity index (χ4n) is 2.89. The van der Waals surface area contributed by atoms with Gasteiger partial charge in [0.1, 0.15) is 5.82 Å². The average molecular weight is 319 g/mol. The summed E-state index contributed by atoms with van der Waals surface area (Å²) >= 11 is 0. The minimum absolute atomic E-state index is 0.00761. The molecule has 2 aromatic heterocycles. The van der Waals surface area contributed by atoms with Crippen LogP contribution in [0.1, 0.15) is 10.4 Å². The van der Waals surface area contributed by atoms with Gasteiger partial charge in [-0.2, -0.15) is 0 Å². The molecule has 1 aromatic carbocycles. The van der Waals surface area contributed by atoms with Gasteiger partial charge < -0.3 is 9.80 Å². The van der Waals surface area contributed by atoms with Crippen molar-refractivity contribution < 1.29 is 4.79 Å². The Kier molecular flexibility index (Phi) is 3.57. The predicted octanol–water partition coefficient (Wildman–Crippen LogP) is 1.99. The number of hydrogen-bond acceptors (Lipinski definition) is 5. The van der Waals surface area contributed by atoms with Gasteiger partial charge in [-0.05, 0) is 30.3 Å². The molecule has 4 rings (SSSR count). The van der Waals surface area contributed by atoms with Crippen LogP contribution in [0.5, 0.6) is 0 Å². The molecule has 3 heterocycles. The summed E-state index contributed by atoms with van der Waals surface area (Å²) in [5.74, 6) is 0.962. The first-order chi connectivity index (χ1) is 11.7. The normalized spacial score (nSPS) is 14.5. The van der Waals surface area contributed by atoms with Gasteiger partial charge in [0.05, 0.1) is 17.1 Å². The maximum atomic E-state index is 12.7. The van der Waals surface area contributed by atoms with E-state index in [1.165, 1.54) is 0 Å². The zero-order valence-corrected chi connectivity index (χ0v) is 13.3. The van der Waals surface area contributed by atoms with Crippen LogP contribution in [0.15, 0.2) is 55.0 Å². The number of carbonyl (C=O) groups is 1. The molecule has 0 spiro atoms. The van der Waals surface area contributed by atoms with Gasteiger partial charge in [0.25, 0.3) is 5.91 Å². The first kappa shape index (κ1) is 14.6. The van der Waals surface area contributed by atoms with E-state index in [-0.39, 0.29) is 11.9 Å². The van der Waals surface area contributed by atoms with Crippen molar-refractivity contribution in [3.8, 4) is 0 Å². The van der Waals surface area contributed by atoms with E-state index in [9.17, 15) is 4.79 Å². The third-order valence-corrected chi connectivity index (χ3v) is 4.42. The molecule has 0 aliphatic carbocycles. The molecule has 0 saturated carbocycles. The minimum Gasteiger partial charge on any atom is -0.352 e. The Hall–Kier alpha value is -3.02. The molecule has 6 heteroatoms. The third kappa shape index (κ3) is 2.56. The van der Waals surface area contributed by atoms with E-state index >= 15 is 0 Å². The first-order valence-electron chi connectivity index (χ1n) is 7.86. The van der Waals surface area contributed by atoms with Crippen LogP contribution in [0.4, 0.5) is 5.82 Å². The maximum absolute atomic E-state index is 12.7. The smallest absolute Gasteiger partial charge is 0.254 e. The highest BCUT2D eigenvalue weighted by Crippen LogP contribution is 2.22. The van der Waals surface area contributed by atoms with Crippen molar-refractivity contribution in [2.75, 3.05) is 25.0 Å². The number of rotatable bonds is 3. The van der Waals surface area contributed by atoms with Crippen LogP contribution in [0.25, 0.3) is 11.0 Å². The number of carbonyl (C=O) groups excluding carboxylic acids is 1. The highest BCUT2D eigenvalue weighted by molar-refractivity contribution is 5.97. The lowest BCUT2D eigenvalue weighted by atomic mass is 10.1. The summed E-state index contributed by atoms with van der Waals surface area (Å²) in [6, 6.07) is 11.5. The lowest BCUT2D eigenvalue weighted by Crippen LogP contribution is -2.60. The molecule has 24 heavy (non-hydrogen) atoms. The lowest BCUT2D eigenvalue weighted by Gasteiger charge is -2.44. The summed E-state index contributed by atoms with van der Waals surface area (Å²) in [7, 11) is 1.85. The van der Waals surface area contributed by atoms with Crippen LogP contribution in [0.3, 0.4) is 0 Å². The van der Waals surface area contributed by atoms with Gasteiger partial charge in [-0.1, -0.05) is 6.07 Å². The van der Waals surface area contributed by atoms with Crippen LogP contribution in [0, 0.1) is 0 Å². The zero-order valence-electron chi connectivity index (χ0n) is 13.3. The number of benzene rings is 1. The second-order valence-corrected chi connectivity index (χ2v) is 5.92. The van der Waals surface area contributed by atoms with Crippen molar-refractivity contribution in [1.82, 2.24) is 19.9 Å². The molecular formula is C18H17N5O. The number of nitrogens with zero attached hydrogens (tertiary/aromatic N) is 5. The molecule has 0 unspecified atom stereocenters. The van der Waals surface area contributed by atoms with E-state index in [0.717, 1.165) is 29.9 Å². The van der Waals surface area contributed by atoms with E-state index in [1.54, 1.807) is 29.6 Å². The van der Waals surface area contributed by atoms with Crippen molar-refractivity contribution in [3.63, 3.8) is 0 Å². The van der Waals surface area contributed by atoms with Crippen LogP contribution in [0.2, 0.25) is 0 Å². The fourth-order valence-corrected chi connectivity index (χ4v) is 2.89. The molecule has 0 atom stereocenters. The second kappa shape index (κ2) is 5.88. The Morgan fingerprint density at radius 2 is 1.83 bits per heavy atom. The molecule has 3 aromatic rings. The summed E-state index contributed by atoms with van der Waals surface area (Å²) in [4.78, 5) is 29.5. The molecule has 1 aliphatic heterocycles. The summed E-state index contributed by atoms with van der Waals surface area (Å²) in [6.45, 7) is 1.60. The van der Waals surface area contributed by atoms with Gasteiger partial charge in [0, 0.05) is 44.3 Å². The Morgan fingerprint density at radius 3 is 2.58 bits per heavy atom. The molecule has 1 aliphatic rings. The molecular weight excluding hydrogens is 302 g/mol. The number of aromatic nitrogens is 3. The van der Waals surface area contributed by atoms with Crippen LogP contribution in [-0.4, -0.2) is 51.9 Å². The molecule has 120 valence electrons. The summed E-state index contributed by atoms with van der Waals surface area (Å²) in [5.41, 5.74) is 2.17. The van der Waals surface area contributed by atoms with E-state index < -0.39 is 0 Å². The van der Waals surface area contributed by atoms with Gasteiger partial charge in [0.2, 0.25) is 0 Å². The van der Waals surface area contributed by atoms with Gasteiger partial charge in [-0.25, -0.2) is 4.98 Å². The largest absolute Gasteiger partial charge is 0.352 e. The summed E-state index contributed by atoms with van der Waals surface area (Å²) in [5, 5.41) is 0. The Bertz CT molecular complexity index is 877.